The molecule has 0 fully saturated rings. The first kappa shape index (κ1) is 17.5. The largest absolute Gasteiger partial charge is 0.314 e. The van der Waals surface area contributed by atoms with E-state index in [9.17, 15) is 9.59 Å². The number of rotatable bonds is 4. The molecule has 2 aromatic heterocycles. The van der Waals surface area contributed by atoms with E-state index in [1.807, 2.05) is 60.7 Å². The number of hydrogen-bond donors (Lipinski definition) is 1. The Bertz CT molecular complexity index is 1190. The molecule has 7 nitrogen and oxygen atoms in total. The van der Waals surface area contributed by atoms with Crippen molar-refractivity contribution in [3.8, 4) is 11.4 Å². The maximum absolute atomic E-state index is 13.0. The van der Waals surface area contributed by atoms with Gasteiger partial charge in [-0.1, -0.05) is 36.4 Å². The monoisotopic (exact) mass is 373 g/mol. The van der Waals surface area contributed by atoms with Gasteiger partial charge in [0, 0.05) is 12.7 Å². The maximum Gasteiger partial charge on any atom is 0.295 e. The van der Waals surface area contributed by atoms with Crippen LogP contribution >= 0.6 is 0 Å². The van der Waals surface area contributed by atoms with Gasteiger partial charge < -0.3 is 5.32 Å². The van der Waals surface area contributed by atoms with Crippen molar-refractivity contribution in [3.05, 3.63) is 94.9 Å². The van der Waals surface area contributed by atoms with Crippen LogP contribution in [-0.4, -0.2) is 24.8 Å². The van der Waals surface area contributed by atoms with Crippen molar-refractivity contribution in [2.45, 2.75) is 6.92 Å². The minimum absolute atomic E-state index is 0.247. The molecule has 0 bridgehead atoms. The van der Waals surface area contributed by atoms with Gasteiger partial charge in [-0.05, 0) is 31.2 Å². The molecule has 1 amide bonds. The predicted molar refractivity (Wildman–Crippen MR) is 107 cm³/mol. The molecule has 0 saturated heterocycles. The molecule has 0 saturated carbocycles. The van der Waals surface area contributed by atoms with E-state index in [1.165, 1.54) is 10.9 Å². The molecule has 0 aliphatic carbocycles. The average molecular weight is 373 g/mol. The van der Waals surface area contributed by atoms with Crippen molar-refractivity contribution in [2.75, 3.05) is 5.32 Å². The molecule has 2 aromatic carbocycles. The van der Waals surface area contributed by atoms with Crippen LogP contribution in [0.1, 0.15) is 16.2 Å². The van der Waals surface area contributed by atoms with Crippen LogP contribution in [0.2, 0.25) is 0 Å². The lowest BCUT2D eigenvalue weighted by atomic mass is 10.3. The maximum atomic E-state index is 13.0. The fourth-order valence-electron chi connectivity index (χ4n) is 3.15. The van der Waals surface area contributed by atoms with Crippen LogP contribution in [0.3, 0.4) is 0 Å². The van der Waals surface area contributed by atoms with Crippen molar-refractivity contribution >= 4 is 11.6 Å². The van der Waals surface area contributed by atoms with Gasteiger partial charge in [-0.2, -0.15) is 0 Å². The third-order valence-electron chi connectivity index (χ3n) is 4.70. The number of carbonyl (C=O) groups excluding carboxylic acids is 1. The van der Waals surface area contributed by atoms with Gasteiger partial charge in [0.05, 0.1) is 23.9 Å². The number of imidazole rings is 1. The van der Waals surface area contributed by atoms with E-state index in [0.717, 1.165) is 11.4 Å². The lowest BCUT2D eigenvalue weighted by Crippen LogP contribution is -2.23. The summed E-state index contributed by atoms with van der Waals surface area (Å²) in [6.07, 6.45) is 3.06. The van der Waals surface area contributed by atoms with E-state index in [2.05, 4.69) is 10.3 Å². The van der Waals surface area contributed by atoms with Gasteiger partial charge in [0.15, 0.2) is 0 Å². The number of nitrogens with one attached hydrogen (secondary N) is 1. The summed E-state index contributed by atoms with van der Waals surface area (Å²) in [6, 6.07) is 18.7. The third-order valence-corrected chi connectivity index (χ3v) is 4.70. The zero-order valence-corrected chi connectivity index (χ0v) is 15.5. The molecule has 0 spiro atoms. The summed E-state index contributed by atoms with van der Waals surface area (Å²) in [5, 5.41) is 2.77. The van der Waals surface area contributed by atoms with Crippen LogP contribution in [0.25, 0.3) is 11.4 Å². The first-order chi connectivity index (χ1) is 13.6. The number of amides is 1. The Kier molecular flexibility index (Phi) is 4.41. The molecule has 28 heavy (non-hydrogen) atoms. The zero-order chi connectivity index (χ0) is 19.7. The Balaban J connectivity index is 1.71. The summed E-state index contributed by atoms with van der Waals surface area (Å²) in [5.41, 5.74) is 2.51. The standard InChI is InChI=1S/C21H19N5O2/c1-15-19(21(28)26(24(15)2)17-11-7-4-8-12-17)23-20(27)18-13-22-14-25(18)16-9-5-3-6-10-16/h3-14H,1-2H3,(H,23,27). The molecule has 4 aromatic rings. The summed E-state index contributed by atoms with van der Waals surface area (Å²) in [5.74, 6) is -0.396. The van der Waals surface area contributed by atoms with Gasteiger partial charge in [-0.15, -0.1) is 0 Å². The molecule has 0 radical (unpaired) electrons. The van der Waals surface area contributed by atoms with Crippen molar-refractivity contribution < 1.29 is 4.79 Å². The van der Waals surface area contributed by atoms with E-state index in [-0.39, 0.29) is 11.2 Å². The Hall–Kier alpha value is -3.87. The molecule has 0 aliphatic heterocycles. The Labute approximate surface area is 161 Å². The number of nitrogens with zero attached hydrogens (tertiary/aromatic N) is 4. The number of hydrogen-bond acceptors (Lipinski definition) is 3. The van der Waals surface area contributed by atoms with Gasteiger partial charge >= 0.3 is 0 Å². The normalized spacial score (nSPS) is 10.8. The summed E-state index contributed by atoms with van der Waals surface area (Å²) in [6.45, 7) is 1.80. The topological polar surface area (TPSA) is 73.8 Å². The van der Waals surface area contributed by atoms with Crippen LogP contribution in [0.5, 0.6) is 0 Å². The Morgan fingerprint density at radius 2 is 1.57 bits per heavy atom. The summed E-state index contributed by atoms with van der Waals surface area (Å²) < 4.78 is 4.94. The molecule has 140 valence electrons. The van der Waals surface area contributed by atoms with E-state index >= 15 is 0 Å². The minimum atomic E-state index is -0.396. The Morgan fingerprint density at radius 3 is 2.21 bits per heavy atom. The predicted octanol–water partition coefficient (Wildman–Crippen LogP) is 2.92. The van der Waals surface area contributed by atoms with Crippen molar-refractivity contribution in [1.82, 2.24) is 18.9 Å². The van der Waals surface area contributed by atoms with Crippen LogP contribution in [0.15, 0.2) is 78.0 Å². The van der Waals surface area contributed by atoms with Gasteiger partial charge in [-0.3, -0.25) is 18.8 Å². The van der Waals surface area contributed by atoms with Crippen LogP contribution in [0, 0.1) is 6.92 Å². The molecule has 0 atom stereocenters. The molecule has 0 aliphatic rings. The molecular formula is C21H19N5O2. The summed E-state index contributed by atoms with van der Waals surface area (Å²) in [4.78, 5) is 30.0. The Morgan fingerprint density at radius 1 is 0.964 bits per heavy atom. The number of aromatic nitrogens is 4. The second-order valence-electron chi connectivity index (χ2n) is 6.38. The molecule has 4 rings (SSSR count). The highest BCUT2D eigenvalue weighted by molar-refractivity contribution is 6.03. The van der Waals surface area contributed by atoms with E-state index in [4.69, 9.17) is 0 Å². The number of anilines is 1. The first-order valence-electron chi connectivity index (χ1n) is 8.81. The van der Waals surface area contributed by atoms with Gasteiger partial charge in [0.2, 0.25) is 0 Å². The van der Waals surface area contributed by atoms with Crippen molar-refractivity contribution in [3.63, 3.8) is 0 Å². The first-order valence-corrected chi connectivity index (χ1v) is 8.81. The molecule has 7 heteroatoms. The van der Waals surface area contributed by atoms with Crippen LogP contribution in [0.4, 0.5) is 5.69 Å². The highest BCUT2D eigenvalue weighted by atomic mass is 16.2. The van der Waals surface area contributed by atoms with E-state index in [1.54, 1.807) is 29.5 Å². The number of carbonyl (C=O) groups is 1. The second kappa shape index (κ2) is 7.03. The van der Waals surface area contributed by atoms with Gasteiger partial charge in [-0.25, -0.2) is 9.67 Å². The number of benzene rings is 2. The molecule has 2 heterocycles. The quantitative estimate of drug-likeness (QED) is 0.598. The highest BCUT2D eigenvalue weighted by Gasteiger charge is 2.20. The lowest BCUT2D eigenvalue weighted by molar-refractivity contribution is 0.102. The SMILES string of the molecule is Cc1c(NC(=O)c2cncn2-c2ccccc2)c(=O)n(-c2ccccc2)n1C. The van der Waals surface area contributed by atoms with Crippen LogP contribution < -0.4 is 10.9 Å². The third kappa shape index (κ3) is 2.92. The fourth-order valence-corrected chi connectivity index (χ4v) is 3.15. The van der Waals surface area contributed by atoms with Gasteiger partial charge in [0.1, 0.15) is 11.4 Å². The van der Waals surface area contributed by atoms with E-state index < -0.39 is 5.91 Å². The fraction of sp³-hybridized carbons (Fsp3) is 0.0952. The lowest BCUT2D eigenvalue weighted by Gasteiger charge is -2.08. The molecule has 0 unspecified atom stereocenters. The van der Waals surface area contributed by atoms with Crippen molar-refractivity contribution in [1.29, 1.82) is 0 Å². The zero-order valence-electron chi connectivity index (χ0n) is 15.5. The van der Waals surface area contributed by atoms with Crippen molar-refractivity contribution in [2.24, 2.45) is 7.05 Å². The molecule has 1 N–H and O–H groups in total. The van der Waals surface area contributed by atoms with Gasteiger partial charge in [0.25, 0.3) is 11.5 Å². The van der Waals surface area contributed by atoms with E-state index in [0.29, 0.717) is 11.4 Å². The number of para-hydroxylation sites is 2. The smallest absolute Gasteiger partial charge is 0.295 e. The second-order valence-corrected chi connectivity index (χ2v) is 6.38. The molecular weight excluding hydrogens is 354 g/mol. The summed E-state index contributed by atoms with van der Waals surface area (Å²) in [7, 11) is 1.79. The summed E-state index contributed by atoms with van der Waals surface area (Å²) >= 11 is 0. The highest BCUT2D eigenvalue weighted by Crippen LogP contribution is 2.16. The van der Waals surface area contributed by atoms with Crippen LogP contribution in [-0.2, 0) is 7.05 Å². The minimum Gasteiger partial charge on any atom is -0.314 e. The average Bonchev–Trinajstić information content (AvgIpc) is 3.29.